The van der Waals surface area contributed by atoms with Crippen molar-refractivity contribution in [3.8, 4) is 0 Å². The molecule has 0 saturated carbocycles. The summed E-state index contributed by atoms with van der Waals surface area (Å²) in [6, 6.07) is 12.4. The van der Waals surface area contributed by atoms with Crippen LogP contribution < -0.4 is 10.0 Å². The molecule has 0 saturated heterocycles. The van der Waals surface area contributed by atoms with Crippen LogP contribution >= 0.6 is 15.9 Å². The molecule has 0 bridgehead atoms. The minimum Gasteiger partial charge on any atom is -0.355 e. The van der Waals surface area contributed by atoms with Gasteiger partial charge in [-0.3, -0.25) is 4.79 Å². The third kappa shape index (κ3) is 6.41. The van der Waals surface area contributed by atoms with Crippen LogP contribution in [0.2, 0.25) is 0 Å². The molecule has 0 spiro atoms. The Kier molecular flexibility index (Phi) is 7.13. The van der Waals surface area contributed by atoms with Crippen molar-refractivity contribution in [2.75, 3.05) is 13.1 Å². The number of halogens is 2. The van der Waals surface area contributed by atoms with Gasteiger partial charge in [0.25, 0.3) is 0 Å². The first-order valence-corrected chi connectivity index (χ1v) is 10.7. The lowest BCUT2D eigenvalue weighted by atomic mass is 9.84. The van der Waals surface area contributed by atoms with Crippen LogP contribution in [0.3, 0.4) is 0 Å². The molecule has 5 nitrogen and oxygen atoms in total. The zero-order chi connectivity index (χ0) is 20.1. The van der Waals surface area contributed by atoms with Crippen LogP contribution in [-0.2, 0) is 20.2 Å². The van der Waals surface area contributed by atoms with E-state index in [9.17, 15) is 17.6 Å². The molecule has 0 heterocycles. The van der Waals surface area contributed by atoms with Crippen molar-refractivity contribution in [2.24, 2.45) is 0 Å². The number of benzene rings is 2. The van der Waals surface area contributed by atoms with Crippen molar-refractivity contribution in [1.29, 1.82) is 0 Å². The second kappa shape index (κ2) is 8.95. The maximum absolute atomic E-state index is 12.9. The van der Waals surface area contributed by atoms with E-state index in [4.69, 9.17) is 0 Å². The molecule has 8 heteroatoms. The predicted octanol–water partition coefficient (Wildman–Crippen LogP) is 3.35. The second-order valence-corrected chi connectivity index (χ2v) is 9.45. The van der Waals surface area contributed by atoms with Gasteiger partial charge < -0.3 is 5.32 Å². The van der Waals surface area contributed by atoms with Gasteiger partial charge in [0, 0.05) is 29.4 Å². The van der Waals surface area contributed by atoms with E-state index in [1.165, 1.54) is 12.1 Å². The lowest BCUT2D eigenvalue weighted by Crippen LogP contribution is -2.38. The van der Waals surface area contributed by atoms with Crippen molar-refractivity contribution in [3.05, 3.63) is 64.4 Å². The van der Waals surface area contributed by atoms with E-state index in [0.717, 1.165) is 22.2 Å². The van der Waals surface area contributed by atoms with Crippen LogP contribution in [0.4, 0.5) is 4.39 Å². The van der Waals surface area contributed by atoms with Gasteiger partial charge in [0.15, 0.2) is 0 Å². The average molecular weight is 457 g/mol. The Bertz CT molecular complexity index is 882. The maximum Gasteiger partial charge on any atom is 0.240 e. The fraction of sp³-hybridized carbons (Fsp3) is 0.316. The minimum absolute atomic E-state index is 0.0108. The van der Waals surface area contributed by atoms with Gasteiger partial charge in [-0.2, -0.15) is 0 Å². The highest BCUT2D eigenvalue weighted by atomic mass is 79.9. The molecular weight excluding hydrogens is 435 g/mol. The molecule has 0 radical (unpaired) electrons. The number of rotatable bonds is 8. The van der Waals surface area contributed by atoms with Crippen LogP contribution in [-0.4, -0.2) is 27.4 Å². The first kappa shape index (κ1) is 21.5. The largest absolute Gasteiger partial charge is 0.355 e. The Morgan fingerprint density at radius 3 is 2.26 bits per heavy atom. The molecule has 2 N–H and O–H groups in total. The van der Waals surface area contributed by atoms with Gasteiger partial charge in [0.05, 0.1) is 4.90 Å². The summed E-state index contributed by atoms with van der Waals surface area (Å²) < 4.78 is 40.4. The van der Waals surface area contributed by atoms with Gasteiger partial charge in [-0.15, -0.1) is 0 Å². The lowest BCUT2D eigenvalue weighted by Gasteiger charge is -2.25. The number of nitrogens with one attached hydrogen (secondary N) is 2. The summed E-state index contributed by atoms with van der Waals surface area (Å²) in [7, 11) is -3.76. The third-order valence-corrected chi connectivity index (χ3v) is 6.13. The van der Waals surface area contributed by atoms with Gasteiger partial charge in [-0.25, -0.2) is 17.5 Å². The Labute approximate surface area is 167 Å². The van der Waals surface area contributed by atoms with E-state index < -0.39 is 15.8 Å². The number of sulfonamides is 1. The monoisotopic (exact) mass is 456 g/mol. The Morgan fingerprint density at radius 1 is 1.07 bits per heavy atom. The first-order chi connectivity index (χ1) is 12.6. The molecule has 0 aliphatic rings. The number of carbonyl (C=O) groups is 1. The molecule has 0 aromatic heterocycles. The molecule has 2 rings (SSSR count). The zero-order valence-corrected chi connectivity index (χ0v) is 17.5. The summed E-state index contributed by atoms with van der Waals surface area (Å²) in [5.41, 5.74) is 0.826. The number of hydrogen-bond donors (Lipinski definition) is 2. The fourth-order valence-corrected chi connectivity index (χ4v) is 3.70. The minimum atomic E-state index is -3.76. The van der Waals surface area contributed by atoms with E-state index in [1.807, 2.05) is 38.1 Å². The highest BCUT2D eigenvalue weighted by Gasteiger charge is 2.21. The number of hydrogen-bond acceptors (Lipinski definition) is 3. The molecule has 0 fully saturated rings. The summed E-state index contributed by atoms with van der Waals surface area (Å²) in [6.45, 7) is 4.43. The normalized spacial score (nSPS) is 12.0. The summed E-state index contributed by atoms with van der Waals surface area (Å²) in [4.78, 5) is 12.0. The summed E-state index contributed by atoms with van der Waals surface area (Å²) in [6.07, 6.45) is 0.0108. The Balaban J connectivity index is 1.82. The SMILES string of the molecule is CC(C)(CNC(=O)CCNS(=O)(=O)c1ccc(F)cc1)c1ccc(Br)cc1. The van der Waals surface area contributed by atoms with Gasteiger partial charge in [0.1, 0.15) is 5.82 Å². The van der Waals surface area contributed by atoms with Crippen molar-refractivity contribution < 1.29 is 17.6 Å². The van der Waals surface area contributed by atoms with Crippen molar-refractivity contribution in [2.45, 2.75) is 30.6 Å². The van der Waals surface area contributed by atoms with Crippen molar-refractivity contribution in [3.63, 3.8) is 0 Å². The van der Waals surface area contributed by atoms with E-state index in [2.05, 4.69) is 26.0 Å². The van der Waals surface area contributed by atoms with E-state index in [1.54, 1.807) is 0 Å². The molecule has 27 heavy (non-hydrogen) atoms. The quantitative estimate of drug-likeness (QED) is 0.639. The van der Waals surface area contributed by atoms with Crippen LogP contribution in [0.5, 0.6) is 0 Å². The molecular formula is C19H22BrFN2O3S. The highest BCUT2D eigenvalue weighted by Crippen LogP contribution is 2.24. The van der Waals surface area contributed by atoms with Gasteiger partial charge in [0.2, 0.25) is 15.9 Å². The van der Waals surface area contributed by atoms with Gasteiger partial charge in [-0.1, -0.05) is 41.9 Å². The second-order valence-electron chi connectivity index (χ2n) is 6.77. The molecule has 0 aliphatic heterocycles. The van der Waals surface area contributed by atoms with Gasteiger partial charge >= 0.3 is 0 Å². The molecule has 0 unspecified atom stereocenters. The molecule has 0 atom stereocenters. The molecule has 2 aromatic carbocycles. The van der Waals surface area contributed by atoms with Crippen molar-refractivity contribution >= 4 is 31.9 Å². The Hall–Kier alpha value is -1.77. The van der Waals surface area contributed by atoms with Crippen LogP contribution in [0.25, 0.3) is 0 Å². The smallest absolute Gasteiger partial charge is 0.240 e. The zero-order valence-electron chi connectivity index (χ0n) is 15.1. The Morgan fingerprint density at radius 2 is 1.67 bits per heavy atom. The first-order valence-electron chi connectivity index (χ1n) is 8.38. The van der Waals surface area contributed by atoms with E-state index >= 15 is 0 Å². The van der Waals surface area contributed by atoms with Crippen LogP contribution in [0, 0.1) is 5.82 Å². The summed E-state index contributed by atoms with van der Waals surface area (Å²) in [5.74, 6) is -0.760. The summed E-state index contributed by atoms with van der Waals surface area (Å²) in [5, 5.41) is 2.83. The van der Waals surface area contributed by atoms with Crippen LogP contribution in [0.1, 0.15) is 25.8 Å². The molecule has 146 valence electrons. The molecule has 0 aliphatic carbocycles. The molecule has 1 amide bonds. The fourth-order valence-electron chi connectivity index (χ4n) is 2.41. The predicted molar refractivity (Wildman–Crippen MR) is 106 cm³/mol. The topological polar surface area (TPSA) is 75.3 Å². The standard InChI is InChI=1S/C19H22BrFN2O3S/c1-19(2,14-3-5-15(20)6-4-14)13-22-18(24)11-12-23-27(25,26)17-9-7-16(21)8-10-17/h3-10,23H,11-13H2,1-2H3,(H,22,24). The highest BCUT2D eigenvalue weighted by molar-refractivity contribution is 9.10. The van der Waals surface area contributed by atoms with E-state index in [-0.39, 0.29) is 29.2 Å². The van der Waals surface area contributed by atoms with Crippen molar-refractivity contribution in [1.82, 2.24) is 10.0 Å². The number of carbonyl (C=O) groups excluding carboxylic acids is 1. The summed E-state index contributed by atoms with van der Waals surface area (Å²) >= 11 is 3.39. The average Bonchev–Trinajstić information content (AvgIpc) is 2.61. The molecule has 2 aromatic rings. The third-order valence-electron chi connectivity index (χ3n) is 4.12. The van der Waals surface area contributed by atoms with Gasteiger partial charge in [-0.05, 0) is 42.0 Å². The lowest BCUT2D eigenvalue weighted by molar-refractivity contribution is -0.121. The van der Waals surface area contributed by atoms with E-state index in [0.29, 0.717) is 6.54 Å². The van der Waals surface area contributed by atoms with Crippen LogP contribution in [0.15, 0.2) is 57.9 Å². The number of amides is 1. The maximum atomic E-state index is 12.9.